The summed E-state index contributed by atoms with van der Waals surface area (Å²) in [6.45, 7) is 4.24. The molecule has 1 aliphatic rings. The summed E-state index contributed by atoms with van der Waals surface area (Å²) in [6, 6.07) is 8.76. The Hall–Kier alpha value is -1.77. The van der Waals surface area contributed by atoms with Gasteiger partial charge in [0.15, 0.2) is 0 Å². The number of nitrogens with zero attached hydrogens (tertiary/aromatic N) is 2. The quantitative estimate of drug-likeness (QED) is 0.738. The van der Waals surface area contributed by atoms with Crippen LogP contribution in [0, 0.1) is 0 Å². The van der Waals surface area contributed by atoms with E-state index in [2.05, 4.69) is 42.8 Å². The van der Waals surface area contributed by atoms with Crippen LogP contribution in [0.3, 0.4) is 0 Å². The van der Waals surface area contributed by atoms with Gasteiger partial charge in [0.05, 0.1) is 6.04 Å². The number of anilines is 1. The zero-order valence-electron chi connectivity index (χ0n) is 10.4. The fraction of sp³-hybridized carbons (Fsp3) is 0.357. The molecule has 3 heteroatoms. The Morgan fingerprint density at radius 1 is 1.59 bits per heavy atom. The molecule has 1 unspecified atom stereocenters. The van der Waals surface area contributed by atoms with Crippen molar-refractivity contribution in [2.24, 2.45) is 0 Å². The van der Waals surface area contributed by atoms with E-state index in [4.69, 9.17) is 0 Å². The van der Waals surface area contributed by atoms with Gasteiger partial charge in [-0.3, -0.25) is 4.79 Å². The van der Waals surface area contributed by atoms with Crippen LogP contribution in [-0.4, -0.2) is 37.5 Å². The van der Waals surface area contributed by atoms with Crippen molar-refractivity contribution in [3.05, 3.63) is 42.5 Å². The van der Waals surface area contributed by atoms with Crippen LogP contribution in [0.1, 0.15) is 5.56 Å². The molecule has 1 aromatic rings. The maximum absolute atomic E-state index is 11.5. The molecule has 0 saturated heterocycles. The highest BCUT2D eigenvalue weighted by Crippen LogP contribution is 2.30. The van der Waals surface area contributed by atoms with E-state index >= 15 is 0 Å². The van der Waals surface area contributed by atoms with Crippen LogP contribution in [-0.2, 0) is 11.2 Å². The summed E-state index contributed by atoms with van der Waals surface area (Å²) in [5, 5.41) is 0. The van der Waals surface area contributed by atoms with E-state index in [9.17, 15) is 4.79 Å². The van der Waals surface area contributed by atoms with Crippen LogP contribution in [0.25, 0.3) is 0 Å². The number of fused-ring (bicyclic) bond motifs is 1. The zero-order valence-corrected chi connectivity index (χ0v) is 10.4. The fourth-order valence-electron chi connectivity index (χ4n) is 2.36. The Bertz CT molecular complexity index is 442. The average molecular weight is 230 g/mol. The first-order valence-corrected chi connectivity index (χ1v) is 5.81. The number of hydrogen-bond donors (Lipinski definition) is 0. The minimum absolute atomic E-state index is 0.0191. The Labute approximate surface area is 102 Å². The molecule has 0 aliphatic carbocycles. The number of likely N-dealkylation sites (N-methyl/N-ethyl adjacent to an activating group) is 2. The summed E-state index contributed by atoms with van der Waals surface area (Å²) in [5.41, 5.74) is 2.64. The monoisotopic (exact) mass is 230 g/mol. The second kappa shape index (κ2) is 4.62. The van der Waals surface area contributed by atoms with E-state index < -0.39 is 0 Å². The topological polar surface area (TPSA) is 23.6 Å². The second-order valence-electron chi connectivity index (χ2n) is 4.52. The van der Waals surface area contributed by atoms with Crippen LogP contribution in [0.4, 0.5) is 5.69 Å². The normalized spacial score (nSPS) is 17.8. The fourth-order valence-corrected chi connectivity index (χ4v) is 2.36. The molecule has 0 N–H and O–H groups in total. The Morgan fingerprint density at radius 2 is 2.29 bits per heavy atom. The molecule has 0 spiro atoms. The third kappa shape index (κ3) is 2.18. The smallest absolute Gasteiger partial charge is 0.245 e. The van der Waals surface area contributed by atoms with Gasteiger partial charge in [-0.05, 0) is 24.1 Å². The molecule has 0 aromatic heterocycles. The highest BCUT2D eigenvalue weighted by atomic mass is 16.2. The molecular formula is C14H18N2O. The van der Waals surface area contributed by atoms with Gasteiger partial charge in [0.1, 0.15) is 0 Å². The Morgan fingerprint density at radius 3 is 2.94 bits per heavy atom. The zero-order chi connectivity index (χ0) is 12.4. The van der Waals surface area contributed by atoms with E-state index in [0.29, 0.717) is 6.04 Å². The molecule has 0 bridgehead atoms. The van der Waals surface area contributed by atoms with Crippen molar-refractivity contribution in [1.82, 2.24) is 4.90 Å². The van der Waals surface area contributed by atoms with Gasteiger partial charge in [0.25, 0.3) is 0 Å². The van der Waals surface area contributed by atoms with Crippen LogP contribution < -0.4 is 4.90 Å². The lowest BCUT2D eigenvalue weighted by molar-refractivity contribution is -0.124. The summed E-state index contributed by atoms with van der Waals surface area (Å²) in [4.78, 5) is 15.4. The third-order valence-electron chi connectivity index (χ3n) is 3.41. The van der Waals surface area contributed by atoms with Gasteiger partial charge in [-0.25, -0.2) is 0 Å². The van der Waals surface area contributed by atoms with Crippen molar-refractivity contribution in [1.29, 1.82) is 0 Å². The van der Waals surface area contributed by atoms with Crippen molar-refractivity contribution < 1.29 is 4.79 Å². The number of rotatable bonds is 3. The largest absolute Gasteiger partial charge is 0.369 e. The first-order valence-electron chi connectivity index (χ1n) is 5.81. The van der Waals surface area contributed by atoms with E-state index in [-0.39, 0.29) is 5.91 Å². The Kier molecular flexibility index (Phi) is 3.18. The van der Waals surface area contributed by atoms with Gasteiger partial charge < -0.3 is 9.80 Å². The van der Waals surface area contributed by atoms with Crippen molar-refractivity contribution in [2.45, 2.75) is 12.5 Å². The number of amides is 1. The lowest BCUT2D eigenvalue weighted by Gasteiger charge is -2.27. The van der Waals surface area contributed by atoms with Gasteiger partial charge in [-0.1, -0.05) is 24.8 Å². The highest BCUT2D eigenvalue weighted by Gasteiger charge is 2.27. The van der Waals surface area contributed by atoms with Crippen molar-refractivity contribution in [2.75, 3.05) is 25.5 Å². The third-order valence-corrected chi connectivity index (χ3v) is 3.41. The molecule has 1 heterocycles. The number of benzene rings is 1. The molecular weight excluding hydrogens is 212 g/mol. The molecule has 3 nitrogen and oxygen atoms in total. The highest BCUT2D eigenvalue weighted by molar-refractivity contribution is 5.86. The maximum atomic E-state index is 11.5. The summed E-state index contributed by atoms with van der Waals surface area (Å²) < 4.78 is 0. The van der Waals surface area contributed by atoms with Crippen LogP contribution in [0.15, 0.2) is 36.9 Å². The molecule has 0 fully saturated rings. The van der Waals surface area contributed by atoms with Gasteiger partial charge in [0.2, 0.25) is 5.91 Å². The summed E-state index contributed by atoms with van der Waals surface area (Å²) in [6.07, 6.45) is 2.36. The first-order chi connectivity index (χ1) is 8.13. The molecule has 0 radical (unpaired) electrons. The number of carbonyl (C=O) groups excluding carboxylic acids is 1. The molecule has 0 saturated carbocycles. The van der Waals surface area contributed by atoms with Gasteiger partial charge in [-0.15, -0.1) is 0 Å². The lowest BCUT2D eigenvalue weighted by Crippen LogP contribution is -2.40. The lowest BCUT2D eigenvalue weighted by atomic mass is 10.1. The Balaban J connectivity index is 2.07. The number of hydrogen-bond acceptors (Lipinski definition) is 2. The van der Waals surface area contributed by atoms with E-state index in [0.717, 1.165) is 13.0 Å². The van der Waals surface area contributed by atoms with E-state index in [1.54, 1.807) is 4.90 Å². The van der Waals surface area contributed by atoms with Crippen molar-refractivity contribution in [3.63, 3.8) is 0 Å². The van der Waals surface area contributed by atoms with Gasteiger partial charge in [-0.2, -0.15) is 0 Å². The summed E-state index contributed by atoms with van der Waals surface area (Å²) in [7, 11) is 3.91. The molecule has 2 rings (SSSR count). The predicted octanol–water partition coefficient (Wildman–Crippen LogP) is 1.69. The number of carbonyl (C=O) groups is 1. The summed E-state index contributed by atoms with van der Waals surface area (Å²) in [5.74, 6) is -0.0191. The molecule has 1 aliphatic heterocycles. The van der Waals surface area contributed by atoms with E-state index in [1.165, 1.54) is 17.3 Å². The predicted molar refractivity (Wildman–Crippen MR) is 70.2 cm³/mol. The second-order valence-corrected chi connectivity index (χ2v) is 4.52. The molecule has 17 heavy (non-hydrogen) atoms. The minimum atomic E-state index is -0.0191. The molecule has 90 valence electrons. The minimum Gasteiger partial charge on any atom is -0.369 e. The van der Waals surface area contributed by atoms with Crippen molar-refractivity contribution in [3.8, 4) is 0 Å². The molecule has 1 amide bonds. The molecule has 1 atom stereocenters. The van der Waals surface area contributed by atoms with Crippen LogP contribution >= 0.6 is 0 Å². The van der Waals surface area contributed by atoms with Gasteiger partial charge in [0, 0.05) is 26.3 Å². The summed E-state index contributed by atoms with van der Waals surface area (Å²) >= 11 is 0. The maximum Gasteiger partial charge on any atom is 0.245 e. The first kappa shape index (κ1) is 11.7. The van der Waals surface area contributed by atoms with Crippen LogP contribution in [0.2, 0.25) is 0 Å². The van der Waals surface area contributed by atoms with Crippen molar-refractivity contribution >= 4 is 11.6 Å². The molecule has 1 aromatic carbocycles. The number of para-hydroxylation sites is 1. The van der Waals surface area contributed by atoms with E-state index in [1.807, 2.05) is 7.05 Å². The van der Waals surface area contributed by atoms with Crippen LogP contribution in [0.5, 0.6) is 0 Å². The standard InChI is InChI=1S/C14H18N2O/c1-4-14(17)15(2)10-12-9-11-7-5-6-8-13(11)16(12)3/h4-8,12H,1,9-10H2,2-3H3. The van der Waals surface area contributed by atoms with Gasteiger partial charge >= 0.3 is 0 Å². The SMILES string of the molecule is C=CC(=O)N(C)CC1Cc2ccccc2N1C. The average Bonchev–Trinajstić information content (AvgIpc) is 2.66.